The van der Waals surface area contributed by atoms with Crippen molar-refractivity contribution in [2.75, 3.05) is 26.2 Å². The fourth-order valence-corrected chi connectivity index (χ4v) is 3.82. The van der Waals surface area contributed by atoms with Crippen LogP contribution in [0.2, 0.25) is 0 Å². The SMILES string of the molecule is Cn1cccc1[C@@H]1CCCN1CC(=O)NCCOc1ccc(C(C)(C)C)cc1. The van der Waals surface area contributed by atoms with Crippen LogP contribution in [0.1, 0.15) is 50.9 Å². The zero-order chi connectivity index (χ0) is 20.1. The summed E-state index contributed by atoms with van der Waals surface area (Å²) in [5.74, 6) is 0.901. The van der Waals surface area contributed by atoms with Crippen LogP contribution in [0.3, 0.4) is 0 Å². The summed E-state index contributed by atoms with van der Waals surface area (Å²) in [5.41, 5.74) is 2.71. The maximum absolute atomic E-state index is 12.4. The molecule has 1 amide bonds. The molecule has 0 bridgehead atoms. The van der Waals surface area contributed by atoms with Gasteiger partial charge in [0.25, 0.3) is 0 Å². The molecule has 1 aliphatic heterocycles. The Morgan fingerprint density at radius 1 is 1.21 bits per heavy atom. The second kappa shape index (κ2) is 8.82. The van der Waals surface area contributed by atoms with Crippen molar-refractivity contribution < 1.29 is 9.53 Å². The Kier molecular flexibility index (Phi) is 6.45. The van der Waals surface area contributed by atoms with E-state index >= 15 is 0 Å². The number of likely N-dealkylation sites (tertiary alicyclic amines) is 1. The number of ether oxygens (including phenoxy) is 1. The highest BCUT2D eigenvalue weighted by molar-refractivity contribution is 5.78. The minimum absolute atomic E-state index is 0.0628. The van der Waals surface area contributed by atoms with Gasteiger partial charge in [0, 0.05) is 18.9 Å². The van der Waals surface area contributed by atoms with Crippen molar-refractivity contribution in [3.05, 3.63) is 53.9 Å². The summed E-state index contributed by atoms with van der Waals surface area (Å²) in [6, 6.07) is 12.8. The van der Waals surface area contributed by atoms with Gasteiger partial charge in [-0.15, -0.1) is 0 Å². The highest BCUT2D eigenvalue weighted by atomic mass is 16.5. The molecule has 5 heteroatoms. The Bertz CT molecular complexity index is 774. The quantitative estimate of drug-likeness (QED) is 0.743. The monoisotopic (exact) mass is 383 g/mol. The fraction of sp³-hybridized carbons (Fsp3) is 0.522. The molecular weight excluding hydrogens is 350 g/mol. The van der Waals surface area contributed by atoms with Crippen LogP contribution in [0, 0.1) is 0 Å². The molecule has 152 valence electrons. The molecule has 0 radical (unpaired) electrons. The van der Waals surface area contributed by atoms with E-state index < -0.39 is 0 Å². The number of aryl methyl sites for hydroxylation is 1. The van der Waals surface area contributed by atoms with Gasteiger partial charge in [0.05, 0.1) is 19.1 Å². The second-order valence-corrected chi connectivity index (χ2v) is 8.65. The summed E-state index contributed by atoms with van der Waals surface area (Å²) in [6.45, 7) is 8.99. The van der Waals surface area contributed by atoms with Crippen LogP contribution in [0.25, 0.3) is 0 Å². The molecule has 5 nitrogen and oxygen atoms in total. The molecule has 0 aliphatic carbocycles. The first-order chi connectivity index (χ1) is 13.3. The number of amides is 1. The lowest BCUT2D eigenvalue weighted by molar-refractivity contribution is -0.122. The molecule has 2 aromatic rings. The maximum Gasteiger partial charge on any atom is 0.234 e. The zero-order valence-corrected chi connectivity index (χ0v) is 17.6. The van der Waals surface area contributed by atoms with E-state index in [-0.39, 0.29) is 11.3 Å². The molecule has 1 aromatic heterocycles. The predicted octanol–water partition coefficient (Wildman–Crippen LogP) is 3.65. The Morgan fingerprint density at radius 3 is 2.61 bits per heavy atom. The Morgan fingerprint density at radius 2 is 1.96 bits per heavy atom. The average molecular weight is 384 g/mol. The number of rotatable bonds is 7. The molecule has 3 rings (SSSR count). The van der Waals surface area contributed by atoms with Crippen molar-refractivity contribution in [2.24, 2.45) is 7.05 Å². The zero-order valence-electron chi connectivity index (χ0n) is 17.6. The number of aromatic nitrogens is 1. The van der Waals surface area contributed by atoms with Gasteiger partial charge in [0.15, 0.2) is 0 Å². The van der Waals surface area contributed by atoms with E-state index in [1.54, 1.807) is 0 Å². The fourth-order valence-electron chi connectivity index (χ4n) is 3.82. The number of carbonyl (C=O) groups is 1. The first-order valence-electron chi connectivity index (χ1n) is 10.2. The normalized spacial score (nSPS) is 17.6. The molecule has 28 heavy (non-hydrogen) atoms. The number of benzene rings is 1. The molecule has 0 spiro atoms. The van der Waals surface area contributed by atoms with Gasteiger partial charge in [-0.25, -0.2) is 0 Å². The Labute approximate surface area is 168 Å². The van der Waals surface area contributed by atoms with Crippen LogP contribution >= 0.6 is 0 Å². The molecule has 1 N–H and O–H groups in total. The highest BCUT2D eigenvalue weighted by Gasteiger charge is 2.28. The van der Waals surface area contributed by atoms with Gasteiger partial charge in [-0.3, -0.25) is 9.69 Å². The van der Waals surface area contributed by atoms with Crippen molar-refractivity contribution in [3.63, 3.8) is 0 Å². The molecule has 1 aliphatic rings. The van der Waals surface area contributed by atoms with Crippen LogP contribution in [0.15, 0.2) is 42.6 Å². The number of nitrogens with zero attached hydrogens (tertiary/aromatic N) is 2. The van der Waals surface area contributed by atoms with Gasteiger partial charge in [-0.2, -0.15) is 0 Å². The van der Waals surface area contributed by atoms with Gasteiger partial charge < -0.3 is 14.6 Å². The summed E-state index contributed by atoms with van der Waals surface area (Å²) in [6.07, 6.45) is 4.31. The molecular formula is C23H33N3O2. The summed E-state index contributed by atoms with van der Waals surface area (Å²) in [4.78, 5) is 14.6. The third-order valence-electron chi connectivity index (χ3n) is 5.45. The maximum atomic E-state index is 12.4. The van der Waals surface area contributed by atoms with Crippen molar-refractivity contribution in [1.82, 2.24) is 14.8 Å². The topological polar surface area (TPSA) is 46.5 Å². The third-order valence-corrected chi connectivity index (χ3v) is 5.45. The van der Waals surface area contributed by atoms with E-state index in [4.69, 9.17) is 4.74 Å². The lowest BCUT2D eigenvalue weighted by Gasteiger charge is -2.24. The first-order valence-corrected chi connectivity index (χ1v) is 10.2. The molecule has 0 saturated carbocycles. The van der Waals surface area contributed by atoms with Crippen LogP contribution in [-0.4, -0.2) is 41.6 Å². The van der Waals surface area contributed by atoms with Crippen molar-refractivity contribution in [2.45, 2.75) is 45.1 Å². The Balaban J connectivity index is 1.40. The molecule has 1 aromatic carbocycles. The molecule has 1 atom stereocenters. The van der Waals surface area contributed by atoms with Crippen LogP contribution in [0.5, 0.6) is 5.75 Å². The minimum atomic E-state index is 0.0628. The smallest absolute Gasteiger partial charge is 0.234 e. The van der Waals surface area contributed by atoms with Crippen molar-refractivity contribution in [1.29, 1.82) is 0 Å². The van der Waals surface area contributed by atoms with E-state index in [1.165, 1.54) is 11.3 Å². The second-order valence-electron chi connectivity index (χ2n) is 8.65. The summed E-state index contributed by atoms with van der Waals surface area (Å²) in [5, 5.41) is 2.98. The number of hydrogen-bond donors (Lipinski definition) is 1. The van der Waals surface area contributed by atoms with Crippen LogP contribution in [-0.2, 0) is 17.3 Å². The van der Waals surface area contributed by atoms with Gasteiger partial charge in [-0.1, -0.05) is 32.9 Å². The van der Waals surface area contributed by atoms with Crippen molar-refractivity contribution in [3.8, 4) is 5.75 Å². The molecule has 1 fully saturated rings. The van der Waals surface area contributed by atoms with Gasteiger partial charge in [0.2, 0.25) is 5.91 Å². The van der Waals surface area contributed by atoms with E-state index in [9.17, 15) is 4.79 Å². The van der Waals surface area contributed by atoms with Crippen LogP contribution < -0.4 is 10.1 Å². The van der Waals surface area contributed by atoms with Crippen molar-refractivity contribution >= 4 is 5.91 Å². The van der Waals surface area contributed by atoms with E-state index in [1.807, 2.05) is 12.1 Å². The van der Waals surface area contributed by atoms with Gasteiger partial charge in [-0.05, 0) is 54.6 Å². The summed E-state index contributed by atoms with van der Waals surface area (Å²) < 4.78 is 7.91. The van der Waals surface area contributed by atoms with E-state index in [0.29, 0.717) is 25.7 Å². The lowest BCUT2D eigenvalue weighted by atomic mass is 9.87. The molecule has 1 saturated heterocycles. The lowest BCUT2D eigenvalue weighted by Crippen LogP contribution is -2.38. The van der Waals surface area contributed by atoms with Crippen LogP contribution in [0.4, 0.5) is 0 Å². The summed E-state index contributed by atoms with van der Waals surface area (Å²) in [7, 11) is 2.07. The highest BCUT2D eigenvalue weighted by Crippen LogP contribution is 2.31. The summed E-state index contributed by atoms with van der Waals surface area (Å²) >= 11 is 0. The standard InChI is InChI=1S/C23H33N3O2/c1-23(2,3)18-9-11-19(12-10-18)28-16-13-24-22(27)17-26-15-6-8-21(26)20-7-5-14-25(20)4/h5,7,9-12,14,21H,6,8,13,15-17H2,1-4H3,(H,24,27)/t21-/m0/s1. The number of nitrogens with one attached hydrogen (secondary N) is 1. The molecule has 0 unspecified atom stereocenters. The number of hydrogen-bond acceptors (Lipinski definition) is 3. The molecule has 2 heterocycles. The number of carbonyl (C=O) groups excluding carboxylic acids is 1. The van der Waals surface area contributed by atoms with E-state index in [2.05, 4.69) is 73.1 Å². The van der Waals surface area contributed by atoms with Gasteiger partial charge in [0.1, 0.15) is 12.4 Å². The first kappa shape index (κ1) is 20.5. The third kappa shape index (κ3) is 5.16. The predicted molar refractivity (Wildman–Crippen MR) is 113 cm³/mol. The largest absolute Gasteiger partial charge is 0.492 e. The Hall–Kier alpha value is -2.27. The minimum Gasteiger partial charge on any atom is -0.492 e. The van der Waals surface area contributed by atoms with E-state index in [0.717, 1.165) is 25.1 Å². The van der Waals surface area contributed by atoms with Gasteiger partial charge >= 0.3 is 0 Å². The average Bonchev–Trinajstić information content (AvgIpc) is 3.26.